The number of nitrogens with zero attached hydrogens (tertiary/aromatic N) is 5. The van der Waals surface area contributed by atoms with E-state index in [2.05, 4.69) is 20.2 Å². The molecular formula is C13H13N5O3. The molecule has 0 saturated heterocycles. The summed E-state index contributed by atoms with van der Waals surface area (Å²) >= 11 is 0. The zero-order valence-corrected chi connectivity index (χ0v) is 11.8. The molecule has 0 aliphatic carbocycles. The molecule has 0 aliphatic rings. The monoisotopic (exact) mass is 287 g/mol. The van der Waals surface area contributed by atoms with Crippen molar-refractivity contribution >= 4 is 11.6 Å². The Morgan fingerprint density at radius 1 is 1.38 bits per heavy atom. The summed E-state index contributed by atoms with van der Waals surface area (Å²) in [5.74, 6) is 0.203. The maximum absolute atomic E-state index is 12.2. The average molecular weight is 287 g/mol. The van der Waals surface area contributed by atoms with E-state index in [0.29, 0.717) is 17.0 Å². The third kappa shape index (κ3) is 2.47. The van der Waals surface area contributed by atoms with Crippen LogP contribution in [-0.2, 0) is 4.74 Å². The molecule has 0 N–H and O–H groups in total. The molecule has 8 heteroatoms. The number of rotatable bonds is 3. The lowest BCUT2D eigenvalue weighted by Gasteiger charge is -2.07. The van der Waals surface area contributed by atoms with Gasteiger partial charge in [0.25, 0.3) is 5.89 Å². The van der Waals surface area contributed by atoms with E-state index in [1.54, 1.807) is 26.1 Å². The maximum Gasteiger partial charge on any atom is 0.344 e. The van der Waals surface area contributed by atoms with Crippen LogP contribution in [0.15, 0.2) is 23.0 Å². The zero-order valence-electron chi connectivity index (χ0n) is 11.8. The number of esters is 1. The van der Waals surface area contributed by atoms with Crippen LogP contribution in [0.25, 0.3) is 5.65 Å². The smallest absolute Gasteiger partial charge is 0.344 e. The summed E-state index contributed by atoms with van der Waals surface area (Å²) in [5.41, 5.74) is 1.54. The number of carbonyl (C=O) groups is 1. The minimum atomic E-state index is -0.640. The average Bonchev–Trinajstić information content (AvgIpc) is 3.04. The Morgan fingerprint density at radius 2 is 2.19 bits per heavy atom. The van der Waals surface area contributed by atoms with E-state index in [4.69, 9.17) is 9.26 Å². The van der Waals surface area contributed by atoms with Gasteiger partial charge in [0.2, 0.25) is 0 Å². The van der Waals surface area contributed by atoms with Crippen LogP contribution in [0.3, 0.4) is 0 Å². The number of hydrogen-bond acceptors (Lipinski definition) is 7. The van der Waals surface area contributed by atoms with Crippen molar-refractivity contribution in [2.45, 2.75) is 26.9 Å². The van der Waals surface area contributed by atoms with Gasteiger partial charge in [0.15, 0.2) is 17.6 Å². The predicted octanol–water partition coefficient (Wildman–Crippen LogP) is 1.65. The highest BCUT2D eigenvalue weighted by Crippen LogP contribution is 2.18. The molecule has 0 fully saturated rings. The fourth-order valence-electron chi connectivity index (χ4n) is 1.86. The first kappa shape index (κ1) is 13.2. The molecule has 3 rings (SSSR count). The van der Waals surface area contributed by atoms with Crippen LogP contribution in [0.2, 0.25) is 0 Å². The number of carbonyl (C=O) groups excluding carboxylic acids is 1. The molecule has 0 amide bonds. The number of ether oxygens (including phenoxy) is 1. The third-order valence-corrected chi connectivity index (χ3v) is 2.90. The summed E-state index contributed by atoms with van der Waals surface area (Å²) in [6, 6.07) is 1.80. The van der Waals surface area contributed by atoms with Crippen LogP contribution in [0, 0.1) is 13.8 Å². The maximum atomic E-state index is 12.2. The van der Waals surface area contributed by atoms with Gasteiger partial charge in [0, 0.05) is 11.9 Å². The molecule has 0 unspecified atom stereocenters. The number of aryl methyl sites for hydroxylation is 2. The van der Waals surface area contributed by atoms with Crippen molar-refractivity contribution in [1.29, 1.82) is 0 Å². The van der Waals surface area contributed by atoms with E-state index in [-0.39, 0.29) is 5.89 Å². The Bertz CT molecular complexity index is 807. The molecule has 0 bridgehead atoms. The second kappa shape index (κ2) is 4.97. The van der Waals surface area contributed by atoms with Gasteiger partial charge in [-0.25, -0.2) is 14.3 Å². The van der Waals surface area contributed by atoms with Gasteiger partial charge >= 0.3 is 5.97 Å². The Labute approximate surface area is 119 Å². The minimum absolute atomic E-state index is 0.251. The van der Waals surface area contributed by atoms with Crippen LogP contribution in [-0.4, -0.2) is 30.7 Å². The van der Waals surface area contributed by atoms with Crippen LogP contribution in [0.1, 0.15) is 40.8 Å². The first-order valence-electron chi connectivity index (χ1n) is 6.37. The highest BCUT2D eigenvalue weighted by Gasteiger charge is 2.22. The lowest BCUT2D eigenvalue weighted by molar-refractivity contribution is 0.0267. The van der Waals surface area contributed by atoms with Crippen molar-refractivity contribution < 1.29 is 14.1 Å². The van der Waals surface area contributed by atoms with Gasteiger partial charge in [0.05, 0.1) is 6.20 Å². The highest BCUT2D eigenvalue weighted by atomic mass is 16.6. The summed E-state index contributed by atoms with van der Waals surface area (Å²) in [5, 5.41) is 7.73. The molecule has 0 radical (unpaired) electrons. The summed E-state index contributed by atoms with van der Waals surface area (Å²) in [4.78, 5) is 20.5. The van der Waals surface area contributed by atoms with Crippen LogP contribution in [0.4, 0.5) is 0 Å². The Balaban J connectivity index is 1.85. The molecule has 3 aromatic heterocycles. The number of hydrogen-bond donors (Lipinski definition) is 0. The Hall–Kier alpha value is -2.77. The molecule has 0 saturated carbocycles. The molecular weight excluding hydrogens is 274 g/mol. The first-order valence-corrected chi connectivity index (χ1v) is 6.37. The molecule has 0 aliphatic heterocycles. The van der Waals surface area contributed by atoms with E-state index in [1.165, 1.54) is 10.7 Å². The quantitative estimate of drug-likeness (QED) is 0.676. The van der Waals surface area contributed by atoms with E-state index >= 15 is 0 Å². The Morgan fingerprint density at radius 3 is 2.90 bits per heavy atom. The predicted molar refractivity (Wildman–Crippen MR) is 70.6 cm³/mol. The van der Waals surface area contributed by atoms with Gasteiger partial charge in [-0.05, 0) is 26.8 Å². The fraction of sp³-hybridized carbons (Fsp3) is 0.308. The molecule has 3 heterocycles. The van der Waals surface area contributed by atoms with Crippen molar-refractivity contribution in [1.82, 2.24) is 24.7 Å². The minimum Gasteiger partial charge on any atom is -0.449 e. The van der Waals surface area contributed by atoms with E-state index in [0.717, 1.165) is 5.69 Å². The van der Waals surface area contributed by atoms with Gasteiger partial charge in [-0.3, -0.25) is 0 Å². The van der Waals surface area contributed by atoms with Crippen molar-refractivity contribution in [3.8, 4) is 0 Å². The number of fused-ring (bicyclic) bond motifs is 1. The number of aromatic nitrogens is 5. The molecule has 108 valence electrons. The summed E-state index contributed by atoms with van der Waals surface area (Å²) in [6.45, 7) is 5.20. The van der Waals surface area contributed by atoms with Gasteiger partial charge in [-0.15, -0.1) is 0 Å². The standard InChI is InChI=1S/C13H13N5O3/c1-7-4-5-18-11(15-7)10(6-14-18)13(19)20-8(2)12-16-9(3)17-21-12/h4-6,8H,1-3H3/t8-/m1/s1. The SMILES string of the molecule is Cc1ccn2ncc(C(=O)O[C@H](C)c3nc(C)no3)c2n1. The molecule has 8 nitrogen and oxygen atoms in total. The first-order chi connectivity index (χ1) is 10.0. The van der Waals surface area contributed by atoms with Gasteiger partial charge in [-0.1, -0.05) is 5.16 Å². The van der Waals surface area contributed by atoms with Crippen molar-refractivity contribution in [2.75, 3.05) is 0 Å². The molecule has 0 aromatic carbocycles. The van der Waals surface area contributed by atoms with Crippen LogP contribution >= 0.6 is 0 Å². The van der Waals surface area contributed by atoms with Crippen molar-refractivity contribution in [2.24, 2.45) is 0 Å². The lowest BCUT2D eigenvalue weighted by atomic mass is 10.3. The lowest BCUT2D eigenvalue weighted by Crippen LogP contribution is -2.10. The third-order valence-electron chi connectivity index (χ3n) is 2.90. The van der Waals surface area contributed by atoms with Crippen molar-refractivity contribution in [3.63, 3.8) is 0 Å². The van der Waals surface area contributed by atoms with Gasteiger partial charge < -0.3 is 9.26 Å². The summed E-state index contributed by atoms with van der Waals surface area (Å²) in [7, 11) is 0. The zero-order chi connectivity index (χ0) is 15.0. The second-order valence-corrected chi connectivity index (χ2v) is 4.62. The topological polar surface area (TPSA) is 95.4 Å². The van der Waals surface area contributed by atoms with Gasteiger partial charge in [-0.2, -0.15) is 10.1 Å². The largest absolute Gasteiger partial charge is 0.449 e. The molecule has 1 atom stereocenters. The van der Waals surface area contributed by atoms with Gasteiger partial charge in [0.1, 0.15) is 5.56 Å². The van der Waals surface area contributed by atoms with Crippen molar-refractivity contribution in [3.05, 3.63) is 41.4 Å². The van der Waals surface area contributed by atoms with E-state index in [1.807, 2.05) is 6.92 Å². The second-order valence-electron chi connectivity index (χ2n) is 4.62. The van der Waals surface area contributed by atoms with Crippen LogP contribution < -0.4 is 0 Å². The highest BCUT2D eigenvalue weighted by molar-refractivity contribution is 5.95. The molecule has 3 aromatic rings. The summed E-state index contributed by atoms with van der Waals surface area (Å²) < 4.78 is 11.8. The normalized spacial score (nSPS) is 12.5. The van der Waals surface area contributed by atoms with Crippen LogP contribution in [0.5, 0.6) is 0 Å². The molecule has 21 heavy (non-hydrogen) atoms. The summed E-state index contributed by atoms with van der Waals surface area (Å²) in [6.07, 6.45) is 2.52. The fourth-order valence-corrected chi connectivity index (χ4v) is 1.86. The van der Waals surface area contributed by atoms with E-state index < -0.39 is 12.1 Å². The molecule has 0 spiro atoms. The Kier molecular flexibility index (Phi) is 3.13. The van der Waals surface area contributed by atoms with E-state index in [9.17, 15) is 4.79 Å².